The highest BCUT2D eigenvalue weighted by Gasteiger charge is 2.25. The number of nitrogens with zero attached hydrogens (tertiary/aromatic N) is 3. The zero-order valence-corrected chi connectivity index (χ0v) is 18.2. The van der Waals surface area contributed by atoms with Crippen molar-refractivity contribution in [1.29, 1.82) is 0 Å². The molecule has 0 spiro atoms. The molecule has 2 aromatic rings. The Labute approximate surface area is 175 Å². The van der Waals surface area contributed by atoms with Crippen LogP contribution >= 0.6 is 0 Å². The second-order valence-electron chi connectivity index (χ2n) is 8.16. The van der Waals surface area contributed by atoms with Crippen molar-refractivity contribution in [1.82, 2.24) is 15.5 Å². The Morgan fingerprint density at radius 2 is 1.86 bits per heavy atom. The number of piperidine rings is 1. The molecule has 2 N–H and O–H groups in total. The molecule has 1 aliphatic heterocycles. The van der Waals surface area contributed by atoms with Gasteiger partial charge in [0.25, 0.3) is 0 Å². The van der Waals surface area contributed by atoms with Crippen LogP contribution in [0.3, 0.4) is 0 Å². The van der Waals surface area contributed by atoms with Crippen LogP contribution in [0.25, 0.3) is 0 Å². The van der Waals surface area contributed by atoms with Crippen molar-refractivity contribution in [2.75, 3.05) is 32.6 Å². The van der Waals surface area contributed by atoms with Crippen molar-refractivity contribution in [3.8, 4) is 0 Å². The number of likely N-dealkylation sites (tertiary alicyclic amines) is 1. The largest absolute Gasteiger partial charge is 0.378 e. The maximum Gasteiger partial charge on any atom is 0.191 e. The molecule has 2 atom stereocenters. The quantitative estimate of drug-likeness (QED) is 0.583. The predicted octanol–water partition coefficient (Wildman–Crippen LogP) is 3.47. The molecule has 2 aromatic carbocycles. The monoisotopic (exact) mass is 393 g/mol. The van der Waals surface area contributed by atoms with Crippen LogP contribution in [-0.4, -0.2) is 50.6 Å². The average molecular weight is 394 g/mol. The van der Waals surface area contributed by atoms with E-state index in [2.05, 4.69) is 101 Å². The van der Waals surface area contributed by atoms with Gasteiger partial charge in [-0.2, -0.15) is 0 Å². The molecule has 3 rings (SSSR count). The highest BCUT2D eigenvalue weighted by molar-refractivity contribution is 5.80. The predicted molar refractivity (Wildman–Crippen MR) is 123 cm³/mol. The van der Waals surface area contributed by atoms with Crippen molar-refractivity contribution in [3.05, 3.63) is 65.7 Å². The van der Waals surface area contributed by atoms with Gasteiger partial charge in [-0.05, 0) is 43.0 Å². The lowest BCUT2D eigenvalue weighted by atomic mass is 9.97. The summed E-state index contributed by atoms with van der Waals surface area (Å²) in [4.78, 5) is 9.14. The van der Waals surface area contributed by atoms with E-state index >= 15 is 0 Å². The molecule has 5 heteroatoms. The van der Waals surface area contributed by atoms with Crippen molar-refractivity contribution < 1.29 is 0 Å². The summed E-state index contributed by atoms with van der Waals surface area (Å²) in [6.07, 6.45) is 2.26. The van der Waals surface area contributed by atoms with E-state index in [1.807, 2.05) is 7.05 Å². The number of hydrogen-bond donors (Lipinski definition) is 2. The van der Waals surface area contributed by atoms with Crippen LogP contribution in [0.2, 0.25) is 0 Å². The number of rotatable bonds is 6. The smallest absolute Gasteiger partial charge is 0.191 e. The van der Waals surface area contributed by atoms with Gasteiger partial charge in [0.15, 0.2) is 5.96 Å². The van der Waals surface area contributed by atoms with Crippen LogP contribution in [0.4, 0.5) is 5.69 Å². The van der Waals surface area contributed by atoms with E-state index in [1.54, 1.807) is 0 Å². The van der Waals surface area contributed by atoms with Gasteiger partial charge in [0.2, 0.25) is 0 Å². The summed E-state index contributed by atoms with van der Waals surface area (Å²) in [6.45, 7) is 5.24. The molecule has 0 aromatic heterocycles. The Bertz CT molecular complexity index is 787. The Morgan fingerprint density at radius 3 is 2.55 bits per heavy atom. The third-order valence-corrected chi connectivity index (χ3v) is 5.69. The van der Waals surface area contributed by atoms with E-state index in [4.69, 9.17) is 0 Å². The molecule has 0 radical (unpaired) electrons. The first kappa shape index (κ1) is 21.2. The molecule has 0 saturated carbocycles. The number of aliphatic imine (C=N–C) groups is 1. The first-order valence-electron chi connectivity index (χ1n) is 10.6. The standard InChI is InChI=1S/C24H35N5/c1-19-15-22(13-14-29(19)18-20-9-6-5-7-10-20)27-24(25-2)26-17-21-11-8-12-23(16-21)28(3)4/h5-12,16,19,22H,13-15,17-18H2,1-4H3,(H2,25,26,27). The van der Waals surface area contributed by atoms with Gasteiger partial charge >= 0.3 is 0 Å². The molecule has 5 nitrogen and oxygen atoms in total. The molecular formula is C24H35N5. The molecule has 0 bridgehead atoms. The van der Waals surface area contributed by atoms with Crippen LogP contribution in [0.1, 0.15) is 30.9 Å². The maximum atomic E-state index is 4.44. The van der Waals surface area contributed by atoms with E-state index in [-0.39, 0.29) is 0 Å². The molecule has 1 saturated heterocycles. The van der Waals surface area contributed by atoms with Crippen molar-refractivity contribution >= 4 is 11.6 Å². The van der Waals surface area contributed by atoms with E-state index in [0.717, 1.165) is 38.4 Å². The Hall–Kier alpha value is -2.53. The fourth-order valence-electron chi connectivity index (χ4n) is 3.92. The summed E-state index contributed by atoms with van der Waals surface area (Å²) in [7, 11) is 5.98. The number of benzene rings is 2. The lowest BCUT2D eigenvalue weighted by Crippen LogP contribution is -2.51. The van der Waals surface area contributed by atoms with Gasteiger partial charge in [0, 0.05) is 58.5 Å². The number of hydrogen-bond acceptors (Lipinski definition) is 3. The van der Waals surface area contributed by atoms with Crippen LogP contribution in [0, 0.1) is 0 Å². The molecule has 2 unspecified atom stereocenters. The van der Waals surface area contributed by atoms with Gasteiger partial charge in [-0.15, -0.1) is 0 Å². The van der Waals surface area contributed by atoms with Crippen molar-refractivity contribution in [2.24, 2.45) is 4.99 Å². The molecule has 29 heavy (non-hydrogen) atoms. The Morgan fingerprint density at radius 1 is 1.10 bits per heavy atom. The normalized spacial score (nSPS) is 20.3. The summed E-state index contributed by atoms with van der Waals surface area (Å²) >= 11 is 0. The minimum absolute atomic E-state index is 0.455. The zero-order chi connectivity index (χ0) is 20.6. The van der Waals surface area contributed by atoms with E-state index < -0.39 is 0 Å². The van der Waals surface area contributed by atoms with E-state index in [0.29, 0.717) is 12.1 Å². The third-order valence-electron chi connectivity index (χ3n) is 5.69. The summed E-state index contributed by atoms with van der Waals surface area (Å²) < 4.78 is 0. The molecule has 1 aliphatic rings. The fourth-order valence-corrected chi connectivity index (χ4v) is 3.92. The zero-order valence-electron chi connectivity index (χ0n) is 18.2. The molecule has 156 valence electrons. The average Bonchev–Trinajstić information content (AvgIpc) is 2.74. The topological polar surface area (TPSA) is 42.9 Å². The Balaban J connectivity index is 1.48. The van der Waals surface area contributed by atoms with Crippen LogP contribution in [0.15, 0.2) is 59.6 Å². The second-order valence-corrected chi connectivity index (χ2v) is 8.16. The molecular weight excluding hydrogens is 358 g/mol. The number of anilines is 1. The maximum absolute atomic E-state index is 4.44. The van der Waals surface area contributed by atoms with Gasteiger partial charge in [-0.1, -0.05) is 42.5 Å². The fraction of sp³-hybridized carbons (Fsp3) is 0.458. The second kappa shape index (κ2) is 10.3. The first-order valence-corrected chi connectivity index (χ1v) is 10.6. The summed E-state index contributed by atoms with van der Waals surface area (Å²) in [6, 6.07) is 20.4. The van der Waals surface area contributed by atoms with E-state index in [1.165, 1.54) is 16.8 Å². The number of guanidine groups is 1. The SMILES string of the molecule is CN=C(NCc1cccc(N(C)C)c1)NC1CCN(Cc2ccccc2)C(C)C1. The summed E-state index contributed by atoms with van der Waals surface area (Å²) in [5.74, 6) is 0.883. The Kier molecular flexibility index (Phi) is 7.53. The first-order chi connectivity index (χ1) is 14.0. The lowest BCUT2D eigenvalue weighted by Gasteiger charge is -2.38. The minimum atomic E-state index is 0.455. The van der Waals surface area contributed by atoms with E-state index in [9.17, 15) is 0 Å². The highest BCUT2D eigenvalue weighted by atomic mass is 15.2. The highest BCUT2D eigenvalue weighted by Crippen LogP contribution is 2.20. The van der Waals surface area contributed by atoms with Crippen LogP contribution in [-0.2, 0) is 13.1 Å². The molecule has 1 fully saturated rings. The van der Waals surface area contributed by atoms with Gasteiger partial charge in [-0.25, -0.2) is 0 Å². The molecule has 0 aliphatic carbocycles. The van der Waals surface area contributed by atoms with Crippen molar-refractivity contribution in [2.45, 2.75) is 44.9 Å². The lowest BCUT2D eigenvalue weighted by molar-refractivity contribution is 0.134. The van der Waals surface area contributed by atoms with Gasteiger partial charge in [0.1, 0.15) is 0 Å². The van der Waals surface area contributed by atoms with Gasteiger partial charge in [0.05, 0.1) is 0 Å². The van der Waals surface area contributed by atoms with Crippen LogP contribution < -0.4 is 15.5 Å². The van der Waals surface area contributed by atoms with Gasteiger partial charge in [-0.3, -0.25) is 9.89 Å². The van der Waals surface area contributed by atoms with Crippen molar-refractivity contribution in [3.63, 3.8) is 0 Å². The van der Waals surface area contributed by atoms with Gasteiger partial charge < -0.3 is 15.5 Å². The summed E-state index contributed by atoms with van der Waals surface area (Å²) in [5, 5.41) is 7.10. The third kappa shape index (κ3) is 6.23. The van der Waals surface area contributed by atoms with Crippen LogP contribution in [0.5, 0.6) is 0 Å². The minimum Gasteiger partial charge on any atom is -0.378 e. The molecule has 1 heterocycles. The summed E-state index contributed by atoms with van der Waals surface area (Å²) in [5.41, 5.74) is 3.86. The number of nitrogens with one attached hydrogen (secondary N) is 2. The molecule has 0 amide bonds.